The van der Waals surface area contributed by atoms with E-state index >= 15 is 0 Å². The Morgan fingerprint density at radius 3 is 2.65 bits per heavy atom. The summed E-state index contributed by atoms with van der Waals surface area (Å²) < 4.78 is 24.6. The van der Waals surface area contributed by atoms with Gasteiger partial charge in [-0.15, -0.1) is 0 Å². The van der Waals surface area contributed by atoms with Gasteiger partial charge in [0.2, 0.25) is 0 Å². The van der Waals surface area contributed by atoms with Crippen molar-refractivity contribution in [3.05, 3.63) is 28.0 Å². The largest absolute Gasteiger partial charge is 0.489 e. The van der Waals surface area contributed by atoms with Gasteiger partial charge in [-0.2, -0.15) is 0 Å². The minimum atomic E-state index is -0.566. The molecule has 0 heterocycles. The third kappa shape index (κ3) is 3.72. The molecule has 0 aromatic heterocycles. The number of hydrogen-bond donors (Lipinski definition) is 0. The van der Waals surface area contributed by atoms with E-state index < -0.39 is 11.8 Å². The summed E-state index contributed by atoms with van der Waals surface area (Å²) in [6, 6.07) is 2.66. The van der Waals surface area contributed by atoms with Crippen LogP contribution in [0.1, 0.15) is 42.5 Å². The van der Waals surface area contributed by atoms with Gasteiger partial charge in [0.15, 0.2) is 11.6 Å². The normalized spacial score (nSPS) is 15.9. The second-order valence-corrected chi connectivity index (χ2v) is 5.93. The molecular formula is C15H18BrFO3. The Morgan fingerprint density at radius 2 is 2.05 bits per heavy atom. The molecule has 110 valence electrons. The van der Waals surface area contributed by atoms with E-state index in [1.165, 1.54) is 32.4 Å². The van der Waals surface area contributed by atoms with Gasteiger partial charge in [-0.1, -0.05) is 19.3 Å². The number of esters is 1. The molecule has 0 N–H and O–H groups in total. The molecule has 3 nitrogen and oxygen atoms in total. The van der Waals surface area contributed by atoms with Crippen molar-refractivity contribution in [2.45, 2.75) is 32.1 Å². The average Bonchev–Trinajstić information content (AvgIpc) is 2.46. The first kappa shape index (κ1) is 15.3. The van der Waals surface area contributed by atoms with Crippen molar-refractivity contribution >= 4 is 21.9 Å². The van der Waals surface area contributed by atoms with Gasteiger partial charge in [0.05, 0.1) is 23.8 Å². The number of carbonyl (C=O) groups excluding carboxylic acids is 1. The van der Waals surface area contributed by atoms with E-state index in [0.29, 0.717) is 17.0 Å². The van der Waals surface area contributed by atoms with Gasteiger partial charge in [-0.3, -0.25) is 0 Å². The minimum absolute atomic E-state index is 0.168. The molecule has 0 aliphatic heterocycles. The highest BCUT2D eigenvalue weighted by Gasteiger charge is 2.18. The lowest BCUT2D eigenvalue weighted by molar-refractivity contribution is 0.0600. The summed E-state index contributed by atoms with van der Waals surface area (Å²) in [5, 5.41) is 0. The maximum absolute atomic E-state index is 14.0. The highest BCUT2D eigenvalue weighted by atomic mass is 79.9. The van der Waals surface area contributed by atoms with E-state index in [4.69, 9.17) is 4.74 Å². The van der Waals surface area contributed by atoms with Crippen molar-refractivity contribution in [1.29, 1.82) is 0 Å². The Morgan fingerprint density at radius 1 is 1.35 bits per heavy atom. The molecule has 0 radical (unpaired) electrons. The SMILES string of the molecule is COC(=O)c1cc(F)c(OCC2CCCCC2)c(Br)c1. The molecule has 1 aliphatic carbocycles. The van der Waals surface area contributed by atoms with E-state index in [-0.39, 0.29) is 11.3 Å². The van der Waals surface area contributed by atoms with Gasteiger partial charge in [-0.25, -0.2) is 9.18 Å². The maximum Gasteiger partial charge on any atom is 0.337 e. The van der Waals surface area contributed by atoms with Crippen LogP contribution in [0.5, 0.6) is 5.75 Å². The van der Waals surface area contributed by atoms with Gasteiger partial charge in [-0.05, 0) is 46.8 Å². The summed E-state index contributed by atoms with van der Waals surface area (Å²) in [5.41, 5.74) is 0.168. The lowest BCUT2D eigenvalue weighted by Crippen LogP contribution is -2.16. The van der Waals surface area contributed by atoms with Gasteiger partial charge >= 0.3 is 5.97 Å². The molecule has 1 aliphatic rings. The lowest BCUT2D eigenvalue weighted by atomic mass is 9.90. The molecule has 0 unspecified atom stereocenters. The number of rotatable bonds is 4. The van der Waals surface area contributed by atoms with Crippen LogP contribution in [0.3, 0.4) is 0 Å². The molecule has 0 saturated heterocycles. The number of benzene rings is 1. The van der Waals surface area contributed by atoms with E-state index in [9.17, 15) is 9.18 Å². The maximum atomic E-state index is 14.0. The fraction of sp³-hybridized carbons (Fsp3) is 0.533. The molecule has 20 heavy (non-hydrogen) atoms. The predicted octanol–water partition coefficient (Wildman–Crippen LogP) is 4.33. The molecule has 0 bridgehead atoms. The van der Waals surface area contributed by atoms with E-state index in [1.807, 2.05) is 0 Å². The van der Waals surface area contributed by atoms with E-state index in [1.54, 1.807) is 0 Å². The van der Waals surface area contributed by atoms with Crippen LogP contribution < -0.4 is 4.74 Å². The van der Waals surface area contributed by atoms with E-state index in [0.717, 1.165) is 18.9 Å². The van der Waals surface area contributed by atoms with Crippen molar-refractivity contribution in [1.82, 2.24) is 0 Å². The highest BCUT2D eigenvalue weighted by molar-refractivity contribution is 9.10. The number of halogens is 2. The quantitative estimate of drug-likeness (QED) is 0.762. The smallest absolute Gasteiger partial charge is 0.337 e. The molecule has 0 spiro atoms. The summed E-state index contributed by atoms with van der Waals surface area (Å²) in [5.74, 6) is -0.447. The van der Waals surface area contributed by atoms with Crippen molar-refractivity contribution in [3.63, 3.8) is 0 Å². The van der Waals surface area contributed by atoms with E-state index in [2.05, 4.69) is 20.7 Å². The van der Waals surface area contributed by atoms with Gasteiger partial charge in [0.1, 0.15) is 0 Å². The zero-order valence-corrected chi connectivity index (χ0v) is 13.0. The van der Waals surface area contributed by atoms with Gasteiger partial charge in [0.25, 0.3) is 0 Å². The zero-order valence-electron chi connectivity index (χ0n) is 11.5. The van der Waals surface area contributed by atoms with Gasteiger partial charge in [0, 0.05) is 0 Å². The first-order chi connectivity index (χ1) is 9.61. The predicted molar refractivity (Wildman–Crippen MR) is 77.5 cm³/mol. The standard InChI is InChI=1S/C15H18BrFO3/c1-19-15(18)11-7-12(16)14(13(17)8-11)20-9-10-5-3-2-4-6-10/h7-8,10H,2-6,9H2,1H3. The lowest BCUT2D eigenvalue weighted by Gasteiger charge is -2.22. The van der Waals surface area contributed by atoms with Gasteiger partial charge < -0.3 is 9.47 Å². The summed E-state index contributed by atoms with van der Waals surface area (Å²) in [6.07, 6.45) is 6.00. The summed E-state index contributed by atoms with van der Waals surface area (Å²) in [6.45, 7) is 0.521. The molecule has 5 heteroatoms. The van der Waals surface area contributed by atoms with Crippen LogP contribution in [0.15, 0.2) is 16.6 Å². The highest BCUT2D eigenvalue weighted by Crippen LogP contribution is 2.32. The third-order valence-electron chi connectivity index (χ3n) is 3.61. The van der Waals surface area contributed by atoms with Crippen LogP contribution in [-0.2, 0) is 4.74 Å². The topological polar surface area (TPSA) is 35.5 Å². The molecule has 1 saturated carbocycles. The molecule has 1 fully saturated rings. The first-order valence-corrected chi connectivity index (χ1v) is 7.61. The monoisotopic (exact) mass is 344 g/mol. The summed E-state index contributed by atoms with van der Waals surface area (Å²) in [7, 11) is 1.27. The van der Waals surface area contributed by atoms with Crippen LogP contribution >= 0.6 is 15.9 Å². The molecule has 0 amide bonds. The fourth-order valence-electron chi connectivity index (χ4n) is 2.49. The molecule has 2 rings (SSSR count). The van der Waals surface area contributed by atoms with Crippen LogP contribution in [0, 0.1) is 11.7 Å². The summed E-state index contributed by atoms with van der Waals surface area (Å²) >= 11 is 3.25. The molecule has 1 aromatic carbocycles. The fourth-order valence-corrected chi connectivity index (χ4v) is 3.04. The van der Waals surface area contributed by atoms with Crippen molar-refractivity contribution in [3.8, 4) is 5.75 Å². The Kier molecular flexibility index (Phi) is 5.40. The summed E-state index contributed by atoms with van der Waals surface area (Å²) in [4.78, 5) is 11.4. The second-order valence-electron chi connectivity index (χ2n) is 5.08. The van der Waals surface area contributed by atoms with Crippen LogP contribution in [0.2, 0.25) is 0 Å². The van der Waals surface area contributed by atoms with Crippen molar-refractivity contribution in [2.24, 2.45) is 5.92 Å². The minimum Gasteiger partial charge on any atom is -0.489 e. The number of carbonyl (C=O) groups is 1. The second kappa shape index (κ2) is 7.07. The zero-order chi connectivity index (χ0) is 14.5. The number of ether oxygens (including phenoxy) is 2. The van der Waals surface area contributed by atoms with Crippen LogP contribution in [-0.4, -0.2) is 19.7 Å². The third-order valence-corrected chi connectivity index (χ3v) is 4.20. The average molecular weight is 345 g/mol. The van der Waals surface area contributed by atoms with Crippen molar-refractivity contribution in [2.75, 3.05) is 13.7 Å². The number of hydrogen-bond acceptors (Lipinski definition) is 3. The van der Waals surface area contributed by atoms with Crippen LogP contribution in [0.25, 0.3) is 0 Å². The Bertz CT molecular complexity index is 461. The number of methoxy groups -OCH3 is 1. The molecule has 0 atom stereocenters. The van der Waals surface area contributed by atoms with Crippen molar-refractivity contribution < 1.29 is 18.7 Å². The Hall–Kier alpha value is -1.10. The molecule has 1 aromatic rings. The Labute approximate surface area is 126 Å². The van der Waals surface area contributed by atoms with Crippen LogP contribution in [0.4, 0.5) is 4.39 Å². The first-order valence-electron chi connectivity index (χ1n) is 6.82. The Balaban J connectivity index is 2.05. The molecular weight excluding hydrogens is 327 g/mol.